The second-order valence-corrected chi connectivity index (χ2v) is 9.53. The van der Waals surface area contributed by atoms with Crippen LogP contribution in [0.15, 0.2) is 109 Å². The Morgan fingerprint density at radius 3 is 1.15 bits per heavy atom. The minimum Gasteiger partial charge on any atom is -0.288 e. The number of carbonyl (C=O) groups excluding carboxylic acids is 4. The van der Waals surface area contributed by atoms with Crippen LogP contribution in [0.1, 0.15) is 78.2 Å². The molecular formula is C34H32N2O4. The number of hydrogen-bond donors (Lipinski definition) is 2. The molecule has 0 radical (unpaired) electrons. The van der Waals surface area contributed by atoms with E-state index in [4.69, 9.17) is 0 Å². The van der Waals surface area contributed by atoms with Crippen LogP contribution in [0.4, 0.5) is 0 Å². The third kappa shape index (κ3) is 7.84. The molecule has 0 bridgehead atoms. The predicted octanol–water partition coefficient (Wildman–Crippen LogP) is 6.17. The van der Waals surface area contributed by atoms with Gasteiger partial charge >= 0.3 is 0 Å². The van der Waals surface area contributed by atoms with E-state index in [0.717, 1.165) is 49.7 Å². The quantitative estimate of drug-likeness (QED) is 0.178. The first-order valence-corrected chi connectivity index (χ1v) is 13.5. The highest BCUT2D eigenvalue weighted by Gasteiger charge is 2.16. The maximum atomic E-state index is 12.8. The number of carbonyl (C=O) groups is 4. The lowest BCUT2D eigenvalue weighted by Gasteiger charge is -2.11. The normalized spacial score (nSPS) is 10.5. The topological polar surface area (TPSA) is 92.3 Å². The summed E-state index contributed by atoms with van der Waals surface area (Å²) in [6.45, 7) is 0. The van der Waals surface area contributed by atoms with Gasteiger partial charge in [-0.1, -0.05) is 85.6 Å². The summed E-state index contributed by atoms with van der Waals surface area (Å²) in [5.74, 6) is -1.63. The summed E-state index contributed by atoms with van der Waals surface area (Å²) in [6.07, 6.45) is 5.15. The highest BCUT2D eigenvalue weighted by Crippen LogP contribution is 2.17. The molecule has 0 unspecified atom stereocenters. The molecule has 0 aromatic heterocycles. The first-order valence-electron chi connectivity index (χ1n) is 13.5. The number of unbranched alkanes of at least 4 members (excludes halogenated alkanes) is 3. The molecule has 0 aliphatic rings. The number of imide groups is 2. The smallest absolute Gasteiger partial charge is 0.258 e. The molecule has 4 aromatic carbocycles. The third-order valence-corrected chi connectivity index (χ3v) is 6.69. The average Bonchev–Trinajstić information content (AvgIpc) is 3.00. The fraction of sp³-hybridized carbons (Fsp3) is 0.176. The predicted molar refractivity (Wildman–Crippen MR) is 155 cm³/mol. The van der Waals surface area contributed by atoms with Crippen molar-refractivity contribution in [3.63, 3.8) is 0 Å². The summed E-state index contributed by atoms with van der Waals surface area (Å²) in [7, 11) is 0. The van der Waals surface area contributed by atoms with Gasteiger partial charge in [0, 0.05) is 22.3 Å². The summed E-state index contributed by atoms with van der Waals surface area (Å²) in [4.78, 5) is 50.4. The lowest BCUT2D eigenvalue weighted by Crippen LogP contribution is -2.31. The van der Waals surface area contributed by atoms with Gasteiger partial charge in [-0.15, -0.1) is 0 Å². The van der Waals surface area contributed by atoms with Crippen LogP contribution in [0.25, 0.3) is 0 Å². The molecule has 202 valence electrons. The minimum atomic E-state index is -0.418. The molecule has 0 heterocycles. The zero-order chi connectivity index (χ0) is 28.2. The summed E-state index contributed by atoms with van der Waals surface area (Å²) < 4.78 is 0. The summed E-state index contributed by atoms with van der Waals surface area (Å²) in [6, 6.07) is 32.1. The van der Waals surface area contributed by atoms with E-state index in [1.54, 1.807) is 72.8 Å². The third-order valence-electron chi connectivity index (χ3n) is 6.69. The van der Waals surface area contributed by atoms with Crippen LogP contribution < -0.4 is 10.6 Å². The highest BCUT2D eigenvalue weighted by atomic mass is 16.2. The number of hydrogen-bond acceptors (Lipinski definition) is 4. The van der Waals surface area contributed by atoms with E-state index in [9.17, 15) is 19.2 Å². The molecule has 2 N–H and O–H groups in total. The van der Waals surface area contributed by atoms with Gasteiger partial charge in [0.1, 0.15) is 0 Å². The van der Waals surface area contributed by atoms with E-state index >= 15 is 0 Å². The van der Waals surface area contributed by atoms with Gasteiger partial charge in [-0.2, -0.15) is 0 Å². The van der Waals surface area contributed by atoms with E-state index in [1.165, 1.54) is 0 Å². The molecule has 6 nitrogen and oxygen atoms in total. The van der Waals surface area contributed by atoms with Crippen LogP contribution in [0.3, 0.4) is 0 Å². The molecular weight excluding hydrogens is 500 g/mol. The zero-order valence-electron chi connectivity index (χ0n) is 22.3. The monoisotopic (exact) mass is 532 g/mol. The zero-order valence-corrected chi connectivity index (χ0v) is 22.3. The molecule has 0 spiro atoms. The van der Waals surface area contributed by atoms with Gasteiger partial charge in [0.25, 0.3) is 23.6 Å². The molecule has 0 aliphatic heterocycles. The summed E-state index contributed by atoms with van der Waals surface area (Å²) in [5, 5.41) is 4.97. The SMILES string of the molecule is O=C(NC(=O)c1ccccc1CCCCCCc1ccccc1C(=O)NC(=O)c1ccccc1)c1ccccc1. The largest absolute Gasteiger partial charge is 0.288 e. The van der Waals surface area contributed by atoms with Crippen LogP contribution in [-0.4, -0.2) is 23.6 Å². The van der Waals surface area contributed by atoms with E-state index in [0.29, 0.717) is 22.3 Å². The van der Waals surface area contributed by atoms with E-state index in [2.05, 4.69) is 10.6 Å². The van der Waals surface area contributed by atoms with Crippen molar-refractivity contribution < 1.29 is 19.2 Å². The number of benzene rings is 4. The van der Waals surface area contributed by atoms with E-state index < -0.39 is 23.6 Å². The number of aryl methyl sites for hydroxylation is 2. The van der Waals surface area contributed by atoms with Crippen molar-refractivity contribution >= 4 is 23.6 Å². The molecule has 0 saturated heterocycles. The van der Waals surface area contributed by atoms with Crippen molar-refractivity contribution in [2.24, 2.45) is 0 Å². The molecule has 4 rings (SSSR count). The Labute approximate surface area is 234 Å². The standard InChI is InChI=1S/C34H32N2O4/c37-31(27-19-7-3-8-20-27)35-33(39)29-23-13-11-17-25(29)15-5-1-2-6-16-26-18-12-14-24-30(26)34(40)36-32(38)28-21-9-4-10-22-28/h3-4,7-14,17-24H,1-2,5-6,15-16H2,(H,35,37,39)(H,36,38,40). The Kier molecular flexibility index (Phi) is 10.1. The van der Waals surface area contributed by atoms with E-state index in [-0.39, 0.29) is 0 Å². The Morgan fingerprint density at radius 2 is 0.750 bits per heavy atom. The molecule has 4 aromatic rings. The fourth-order valence-electron chi connectivity index (χ4n) is 4.57. The molecule has 4 amide bonds. The lowest BCUT2D eigenvalue weighted by molar-refractivity contribution is 0.0832. The highest BCUT2D eigenvalue weighted by molar-refractivity contribution is 6.11. The lowest BCUT2D eigenvalue weighted by atomic mass is 9.98. The fourth-order valence-corrected chi connectivity index (χ4v) is 4.57. The first-order chi connectivity index (χ1) is 19.5. The molecule has 40 heavy (non-hydrogen) atoms. The van der Waals surface area contributed by atoms with Crippen LogP contribution in [0, 0.1) is 0 Å². The number of nitrogens with one attached hydrogen (secondary N) is 2. The van der Waals surface area contributed by atoms with Crippen molar-refractivity contribution in [3.05, 3.63) is 143 Å². The number of amides is 4. The first kappa shape index (κ1) is 28.2. The van der Waals surface area contributed by atoms with Gasteiger partial charge in [0.05, 0.1) is 0 Å². The summed E-state index contributed by atoms with van der Waals surface area (Å²) >= 11 is 0. The van der Waals surface area contributed by atoms with Gasteiger partial charge in [-0.3, -0.25) is 29.8 Å². The molecule has 0 saturated carbocycles. The van der Waals surface area contributed by atoms with Crippen molar-refractivity contribution in [2.45, 2.75) is 38.5 Å². The molecule has 0 aliphatic carbocycles. The Morgan fingerprint density at radius 1 is 0.400 bits per heavy atom. The molecule has 0 fully saturated rings. The van der Waals surface area contributed by atoms with Crippen molar-refractivity contribution in [1.29, 1.82) is 0 Å². The van der Waals surface area contributed by atoms with Gasteiger partial charge in [-0.25, -0.2) is 0 Å². The Bertz CT molecular complexity index is 1350. The van der Waals surface area contributed by atoms with E-state index in [1.807, 2.05) is 36.4 Å². The number of rotatable bonds is 11. The van der Waals surface area contributed by atoms with Crippen LogP contribution >= 0.6 is 0 Å². The molecule has 0 atom stereocenters. The summed E-state index contributed by atoms with van der Waals surface area (Å²) in [5.41, 5.74) is 3.72. The molecule has 6 heteroatoms. The maximum Gasteiger partial charge on any atom is 0.258 e. The second kappa shape index (κ2) is 14.4. The second-order valence-electron chi connectivity index (χ2n) is 9.53. The maximum absolute atomic E-state index is 12.8. The van der Waals surface area contributed by atoms with Crippen molar-refractivity contribution in [2.75, 3.05) is 0 Å². The Balaban J connectivity index is 1.24. The minimum absolute atomic E-state index is 0.398. The van der Waals surface area contributed by atoms with Gasteiger partial charge in [0.2, 0.25) is 0 Å². The van der Waals surface area contributed by atoms with Crippen LogP contribution in [0.5, 0.6) is 0 Å². The Hall–Kier alpha value is -4.84. The van der Waals surface area contributed by atoms with Crippen molar-refractivity contribution in [3.8, 4) is 0 Å². The van der Waals surface area contributed by atoms with Crippen LogP contribution in [0.2, 0.25) is 0 Å². The van der Waals surface area contributed by atoms with Crippen LogP contribution in [-0.2, 0) is 12.8 Å². The average molecular weight is 533 g/mol. The van der Waals surface area contributed by atoms with Gasteiger partial charge in [0.15, 0.2) is 0 Å². The van der Waals surface area contributed by atoms with Gasteiger partial charge < -0.3 is 0 Å². The van der Waals surface area contributed by atoms with Crippen molar-refractivity contribution in [1.82, 2.24) is 10.6 Å². The van der Waals surface area contributed by atoms with Gasteiger partial charge in [-0.05, 0) is 73.2 Å².